The van der Waals surface area contributed by atoms with E-state index in [2.05, 4.69) is 10.1 Å². The van der Waals surface area contributed by atoms with Crippen LogP contribution >= 0.6 is 0 Å². The molecule has 150 valence electrons. The smallest absolute Gasteiger partial charge is 0.248 e. The van der Waals surface area contributed by atoms with Gasteiger partial charge in [-0.3, -0.25) is 19.8 Å². The summed E-state index contributed by atoms with van der Waals surface area (Å²) in [6, 6.07) is 11.0. The second-order valence-corrected chi connectivity index (χ2v) is 7.38. The van der Waals surface area contributed by atoms with E-state index in [4.69, 9.17) is 15.8 Å². The molecule has 8 nitrogen and oxygen atoms in total. The van der Waals surface area contributed by atoms with Gasteiger partial charge in [-0.2, -0.15) is 0 Å². The maximum Gasteiger partial charge on any atom is 0.248 e. The molecular formula is C21H22N4O4. The van der Waals surface area contributed by atoms with Gasteiger partial charge < -0.3 is 10.6 Å². The molecule has 1 fully saturated rings. The van der Waals surface area contributed by atoms with Gasteiger partial charge in [0.25, 0.3) is 0 Å². The van der Waals surface area contributed by atoms with Gasteiger partial charge >= 0.3 is 0 Å². The fraction of sp³-hybridized carbons (Fsp3) is 0.333. The Kier molecular flexibility index (Phi) is 5.26. The summed E-state index contributed by atoms with van der Waals surface area (Å²) in [6.07, 6.45) is 4.22. The van der Waals surface area contributed by atoms with Crippen LogP contribution in [0.15, 0.2) is 47.8 Å². The van der Waals surface area contributed by atoms with Crippen LogP contribution in [0.3, 0.4) is 0 Å². The van der Waals surface area contributed by atoms with Gasteiger partial charge in [0.05, 0.1) is 11.4 Å². The minimum Gasteiger partial charge on any atom is -0.385 e. The van der Waals surface area contributed by atoms with E-state index in [1.807, 2.05) is 24.3 Å². The summed E-state index contributed by atoms with van der Waals surface area (Å²) in [4.78, 5) is 34.0. The molecule has 0 bridgehead atoms. The molecule has 0 saturated heterocycles. The normalized spacial score (nSPS) is 23.3. The lowest BCUT2D eigenvalue weighted by Gasteiger charge is -2.21. The molecule has 1 aromatic carbocycles. The number of hydrogen-bond acceptors (Lipinski definition) is 6. The summed E-state index contributed by atoms with van der Waals surface area (Å²) in [5.41, 5.74) is 10.8. The second-order valence-electron chi connectivity index (χ2n) is 7.38. The highest BCUT2D eigenvalue weighted by atomic mass is 16.6. The van der Waals surface area contributed by atoms with Gasteiger partial charge in [0.2, 0.25) is 11.8 Å². The predicted molar refractivity (Wildman–Crippen MR) is 104 cm³/mol. The number of hydrogen-bond donors (Lipinski definition) is 3. The number of aromatic nitrogens is 1. The van der Waals surface area contributed by atoms with Crippen LogP contribution in [0.2, 0.25) is 0 Å². The SMILES string of the molecule is NC(=O)c1ccc(C2=NOC(c3ccccn3)C2)cc1[C@@H]1CCC[C@@H]1C(=O)NO. The molecular weight excluding hydrogens is 372 g/mol. The van der Waals surface area contributed by atoms with Crippen molar-refractivity contribution in [1.29, 1.82) is 0 Å². The summed E-state index contributed by atoms with van der Waals surface area (Å²) in [5.74, 6) is -1.59. The first-order valence-corrected chi connectivity index (χ1v) is 9.60. The number of rotatable bonds is 5. The third kappa shape index (κ3) is 3.71. The minimum absolute atomic E-state index is 0.195. The van der Waals surface area contributed by atoms with Crippen molar-refractivity contribution >= 4 is 17.5 Å². The molecule has 2 amide bonds. The standard InChI is InChI=1S/C21H22N4O4/c22-20(26)14-8-7-12(10-16(14)13-4-3-5-15(13)21(27)24-28)18-11-19(29-25-18)17-6-1-2-9-23-17/h1-2,6-10,13,15,19,28H,3-5,11H2,(H2,22,26)(H,24,27)/t13-,15+,19?/m1/s1. The Bertz CT molecular complexity index is 960. The quantitative estimate of drug-likeness (QED) is 0.530. The zero-order valence-electron chi connectivity index (χ0n) is 15.7. The molecule has 4 N–H and O–H groups in total. The molecule has 4 rings (SSSR count). The number of nitrogens with zero attached hydrogens (tertiary/aromatic N) is 2. The third-order valence-electron chi connectivity index (χ3n) is 5.70. The number of benzene rings is 1. The second kappa shape index (κ2) is 8.00. The lowest BCUT2D eigenvalue weighted by molar-refractivity contribution is -0.133. The van der Waals surface area contributed by atoms with Crippen LogP contribution in [-0.4, -0.2) is 27.7 Å². The Morgan fingerprint density at radius 1 is 1.21 bits per heavy atom. The first-order chi connectivity index (χ1) is 14.1. The molecule has 2 heterocycles. The Labute approximate surface area is 167 Å². The van der Waals surface area contributed by atoms with Crippen molar-refractivity contribution in [2.45, 2.75) is 37.7 Å². The minimum atomic E-state index is -0.544. The summed E-state index contributed by atoms with van der Waals surface area (Å²) in [6.45, 7) is 0. The average molecular weight is 394 g/mol. The van der Waals surface area contributed by atoms with Gasteiger partial charge in [-0.1, -0.05) is 23.7 Å². The predicted octanol–water partition coefficient (Wildman–Crippen LogP) is 2.44. The number of pyridine rings is 1. The Morgan fingerprint density at radius 2 is 2.07 bits per heavy atom. The first kappa shape index (κ1) is 19.1. The van der Waals surface area contributed by atoms with Crippen molar-refractivity contribution in [2.24, 2.45) is 16.8 Å². The number of amides is 2. The van der Waals surface area contributed by atoms with Crippen molar-refractivity contribution in [3.05, 3.63) is 65.0 Å². The molecule has 2 aliphatic rings. The fourth-order valence-corrected chi connectivity index (χ4v) is 4.28. The van der Waals surface area contributed by atoms with Crippen molar-refractivity contribution in [1.82, 2.24) is 10.5 Å². The first-order valence-electron chi connectivity index (χ1n) is 9.60. The van der Waals surface area contributed by atoms with Crippen molar-refractivity contribution in [2.75, 3.05) is 0 Å². The van der Waals surface area contributed by atoms with Gasteiger partial charge in [-0.25, -0.2) is 5.48 Å². The molecule has 2 aromatic rings. The lowest BCUT2D eigenvalue weighted by Crippen LogP contribution is -2.30. The van der Waals surface area contributed by atoms with E-state index in [0.29, 0.717) is 24.0 Å². The highest BCUT2D eigenvalue weighted by Crippen LogP contribution is 2.42. The van der Waals surface area contributed by atoms with E-state index in [9.17, 15) is 9.59 Å². The van der Waals surface area contributed by atoms with Crippen molar-refractivity contribution < 1.29 is 19.6 Å². The molecule has 0 radical (unpaired) electrons. The van der Waals surface area contributed by atoms with E-state index in [-0.39, 0.29) is 12.0 Å². The average Bonchev–Trinajstić information content (AvgIpc) is 3.43. The molecule has 1 unspecified atom stereocenters. The zero-order chi connectivity index (χ0) is 20.4. The van der Waals surface area contributed by atoms with Crippen LogP contribution in [0.1, 0.15) is 64.9 Å². The van der Waals surface area contributed by atoms with E-state index < -0.39 is 17.7 Å². The molecule has 29 heavy (non-hydrogen) atoms. The summed E-state index contributed by atoms with van der Waals surface area (Å²) >= 11 is 0. The molecule has 1 aliphatic carbocycles. The largest absolute Gasteiger partial charge is 0.385 e. The van der Waals surface area contributed by atoms with E-state index >= 15 is 0 Å². The van der Waals surface area contributed by atoms with E-state index in [1.54, 1.807) is 23.8 Å². The summed E-state index contributed by atoms with van der Waals surface area (Å²) in [5, 5.41) is 13.3. The van der Waals surface area contributed by atoms with Crippen LogP contribution in [-0.2, 0) is 9.63 Å². The van der Waals surface area contributed by atoms with E-state index in [0.717, 1.165) is 29.8 Å². The summed E-state index contributed by atoms with van der Waals surface area (Å²) in [7, 11) is 0. The van der Waals surface area contributed by atoms with Gasteiger partial charge in [0.1, 0.15) is 0 Å². The maximum atomic E-state index is 12.1. The monoisotopic (exact) mass is 394 g/mol. The molecule has 1 aliphatic heterocycles. The highest BCUT2D eigenvalue weighted by molar-refractivity contribution is 6.03. The molecule has 3 atom stereocenters. The fourth-order valence-electron chi connectivity index (χ4n) is 4.28. The number of carbonyl (C=O) groups is 2. The Morgan fingerprint density at radius 3 is 2.79 bits per heavy atom. The van der Waals surface area contributed by atoms with Crippen molar-refractivity contribution in [3.8, 4) is 0 Å². The number of carbonyl (C=O) groups excluding carboxylic acids is 2. The number of nitrogens with two attached hydrogens (primary N) is 1. The Hall–Kier alpha value is -3.26. The summed E-state index contributed by atoms with van der Waals surface area (Å²) < 4.78 is 0. The van der Waals surface area contributed by atoms with Crippen LogP contribution in [0.5, 0.6) is 0 Å². The van der Waals surface area contributed by atoms with Gasteiger partial charge in [-0.15, -0.1) is 0 Å². The van der Waals surface area contributed by atoms with Crippen LogP contribution < -0.4 is 11.2 Å². The van der Waals surface area contributed by atoms with Crippen LogP contribution in [0, 0.1) is 5.92 Å². The Balaban J connectivity index is 1.64. The van der Waals surface area contributed by atoms with E-state index in [1.165, 1.54) is 0 Å². The lowest BCUT2D eigenvalue weighted by atomic mass is 9.83. The third-order valence-corrected chi connectivity index (χ3v) is 5.70. The molecule has 1 aromatic heterocycles. The number of nitrogens with one attached hydrogen (secondary N) is 1. The highest BCUT2D eigenvalue weighted by Gasteiger charge is 2.36. The number of oxime groups is 1. The topological polar surface area (TPSA) is 127 Å². The zero-order valence-corrected chi connectivity index (χ0v) is 15.7. The molecule has 1 saturated carbocycles. The number of primary amides is 1. The maximum absolute atomic E-state index is 12.1. The molecule has 8 heteroatoms. The van der Waals surface area contributed by atoms with Crippen LogP contribution in [0.4, 0.5) is 0 Å². The van der Waals surface area contributed by atoms with Crippen molar-refractivity contribution in [3.63, 3.8) is 0 Å². The molecule has 0 spiro atoms. The number of hydroxylamine groups is 1. The van der Waals surface area contributed by atoms with Gasteiger partial charge in [-0.05, 0) is 54.2 Å². The van der Waals surface area contributed by atoms with Gasteiger partial charge in [0, 0.05) is 24.1 Å². The van der Waals surface area contributed by atoms with Crippen LogP contribution in [0.25, 0.3) is 0 Å². The van der Waals surface area contributed by atoms with Gasteiger partial charge in [0.15, 0.2) is 6.10 Å².